The predicted molar refractivity (Wildman–Crippen MR) is 122 cm³/mol. The summed E-state index contributed by atoms with van der Waals surface area (Å²) < 4.78 is 5.59. The zero-order valence-electron chi connectivity index (χ0n) is 18.3. The number of hydrogen-bond acceptors (Lipinski definition) is 4. The van der Waals surface area contributed by atoms with E-state index in [4.69, 9.17) is 9.84 Å². The molecule has 3 aliphatic carbocycles. The molecule has 3 N–H and O–H groups in total. The van der Waals surface area contributed by atoms with Crippen molar-refractivity contribution >= 4 is 18.0 Å². The highest BCUT2D eigenvalue weighted by Gasteiger charge is 2.43. The van der Waals surface area contributed by atoms with Crippen molar-refractivity contribution in [3.05, 3.63) is 59.7 Å². The van der Waals surface area contributed by atoms with Gasteiger partial charge >= 0.3 is 12.1 Å². The second-order valence-corrected chi connectivity index (χ2v) is 9.45. The van der Waals surface area contributed by atoms with Crippen molar-refractivity contribution in [3.8, 4) is 11.1 Å². The minimum atomic E-state index is -0.782. The molecule has 2 amide bonds. The Morgan fingerprint density at radius 2 is 1.58 bits per heavy atom. The summed E-state index contributed by atoms with van der Waals surface area (Å²) in [6.07, 6.45) is 2.13. The summed E-state index contributed by atoms with van der Waals surface area (Å²) in [4.78, 5) is 35.3. The third-order valence-corrected chi connectivity index (χ3v) is 7.18. The van der Waals surface area contributed by atoms with Gasteiger partial charge in [-0.25, -0.2) is 4.79 Å². The minimum Gasteiger partial charge on any atom is -0.481 e. The van der Waals surface area contributed by atoms with Gasteiger partial charge in [-0.15, -0.1) is 0 Å². The number of carbonyl (C=O) groups excluding carboxylic acids is 2. The Balaban J connectivity index is 1.03. The lowest BCUT2D eigenvalue weighted by molar-refractivity contribution is -0.139. The van der Waals surface area contributed by atoms with E-state index in [1.165, 1.54) is 22.3 Å². The number of fused-ring (bicyclic) bond motifs is 3. The van der Waals surface area contributed by atoms with E-state index in [-0.39, 0.29) is 42.2 Å². The van der Waals surface area contributed by atoms with Crippen molar-refractivity contribution in [3.63, 3.8) is 0 Å². The van der Waals surface area contributed by atoms with Crippen molar-refractivity contribution < 1.29 is 24.2 Å². The standard InChI is InChI=1S/C26H28N2O5/c29-24(27-13-16-12-22(16)25(30)31)11-15-9-17(10-15)28-26(32)33-14-23-20-7-3-1-5-18(20)19-6-2-4-8-21(19)23/h1-8,15-17,22-23H,9-14H2,(H,27,29)(H,28,32)(H,30,31). The van der Waals surface area contributed by atoms with Gasteiger partial charge in [-0.2, -0.15) is 0 Å². The molecular formula is C26H28N2O5. The molecule has 3 aliphatic rings. The molecule has 0 radical (unpaired) electrons. The van der Waals surface area contributed by atoms with Crippen LogP contribution in [-0.4, -0.2) is 42.3 Å². The molecule has 5 rings (SSSR count). The molecule has 0 heterocycles. The van der Waals surface area contributed by atoms with Crippen molar-refractivity contribution in [1.82, 2.24) is 10.6 Å². The molecule has 172 valence electrons. The lowest BCUT2D eigenvalue weighted by Crippen LogP contribution is -2.46. The monoisotopic (exact) mass is 448 g/mol. The molecule has 0 spiro atoms. The number of hydrogen-bond donors (Lipinski definition) is 3. The maximum atomic E-state index is 12.4. The SMILES string of the molecule is O=C(CC1CC(NC(=O)OCC2c3ccccc3-c3ccccc32)C1)NCC1CC1C(=O)O. The first-order chi connectivity index (χ1) is 16.0. The topological polar surface area (TPSA) is 105 Å². The molecule has 2 aromatic rings. The number of carboxylic acids is 1. The van der Waals surface area contributed by atoms with Crippen LogP contribution in [0.5, 0.6) is 0 Å². The van der Waals surface area contributed by atoms with Crippen LogP contribution < -0.4 is 10.6 Å². The quantitative estimate of drug-likeness (QED) is 0.573. The van der Waals surface area contributed by atoms with E-state index in [0.29, 0.717) is 19.4 Å². The van der Waals surface area contributed by atoms with E-state index in [0.717, 1.165) is 12.8 Å². The smallest absolute Gasteiger partial charge is 0.407 e. The third kappa shape index (κ3) is 4.58. The first-order valence-corrected chi connectivity index (χ1v) is 11.6. The molecule has 2 saturated carbocycles. The summed E-state index contributed by atoms with van der Waals surface area (Å²) in [5.74, 6) is -0.798. The summed E-state index contributed by atoms with van der Waals surface area (Å²) in [5, 5.41) is 14.7. The first kappa shape index (κ1) is 21.5. The van der Waals surface area contributed by atoms with Crippen LogP contribution in [0, 0.1) is 17.8 Å². The van der Waals surface area contributed by atoms with E-state index in [1.807, 2.05) is 24.3 Å². The summed E-state index contributed by atoms with van der Waals surface area (Å²) in [5.41, 5.74) is 4.76. The Morgan fingerprint density at radius 3 is 2.18 bits per heavy atom. The van der Waals surface area contributed by atoms with Gasteiger partial charge in [-0.05, 0) is 53.4 Å². The van der Waals surface area contributed by atoms with Crippen molar-refractivity contribution in [2.24, 2.45) is 17.8 Å². The summed E-state index contributed by atoms with van der Waals surface area (Å²) in [6.45, 7) is 0.723. The molecule has 0 saturated heterocycles. The fourth-order valence-electron chi connectivity index (χ4n) is 5.18. The Morgan fingerprint density at radius 1 is 0.939 bits per heavy atom. The second-order valence-electron chi connectivity index (χ2n) is 9.45. The van der Waals surface area contributed by atoms with Gasteiger partial charge in [-0.3, -0.25) is 9.59 Å². The number of rotatable bonds is 8. The highest BCUT2D eigenvalue weighted by Crippen LogP contribution is 2.44. The number of alkyl carbamates (subject to hydrolysis) is 1. The van der Waals surface area contributed by atoms with Gasteiger partial charge in [0.1, 0.15) is 6.61 Å². The van der Waals surface area contributed by atoms with Crippen LogP contribution >= 0.6 is 0 Å². The van der Waals surface area contributed by atoms with Crippen LogP contribution in [0.3, 0.4) is 0 Å². The van der Waals surface area contributed by atoms with Gasteiger partial charge in [0.2, 0.25) is 5.91 Å². The number of carbonyl (C=O) groups is 3. The molecule has 0 aromatic heterocycles. The van der Waals surface area contributed by atoms with Gasteiger partial charge in [-0.1, -0.05) is 48.5 Å². The third-order valence-electron chi connectivity index (χ3n) is 7.18. The van der Waals surface area contributed by atoms with E-state index in [9.17, 15) is 14.4 Å². The lowest BCUT2D eigenvalue weighted by atomic mass is 9.78. The van der Waals surface area contributed by atoms with E-state index < -0.39 is 12.1 Å². The van der Waals surface area contributed by atoms with Crippen LogP contribution in [-0.2, 0) is 14.3 Å². The Kier molecular flexibility index (Phi) is 5.79. The fourth-order valence-corrected chi connectivity index (χ4v) is 5.18. The molecule has 2 fully saturated rings. The first-order valence-electron chi connectivity index (χ1n) is 11.6. The van der Waals surface area contributed by atoms with Crippen LogP contribution in [0.4, 0.5) is 4.79 Å². The van der Waals surface area contributed by atoms with Crippen molar-refractivity contribution in [2.75, 3.05) is 13.2 Å². The summed E-state index contributed by atoms with van der Waals surface area (Å²) in [7, 11) is 0. The number of ether oxygens (including phenoxy) is 1. The normalized spacial score (nSPS) is 24.7. The zero-order valence-corrected chi connectivity index (χ0v) is 18.3. The predicted octanol–water partition coefficient (Wildman–Crippen LogP) is 3.53. The fraction of sp³-hybridized carbons (Fsp3) is 0.423. The maximum absolute atomic E-state index is 12.4. The molecule has 0 aliphatic heterocycles. The van der Waals surface area contributed by atoms with Crippen LogP contribution in [0.1, 0.15) is 42.7 Å². The van der Waals surface area contributed by atoms with Gasteiger partial charge in [0.25, 0.3) is 0 Å². The van der Waals surface area contributed by atoms with Crippen LogP contribution in [0.15, 0.2) is 48.5 Å². The lowest BCUT2D eigenvalue weighted by Gasteiger charge is -2.35. The Labute approximate surface area is 192 Å². The molecular weight excluding hydrogens is 420 g/mol. The van der Waals surface area contributed by atoms with E-state index in [1.54, 1.807) is 0 Å². The van der Waals surface area contributed by atoms with Crippen molar-refractivity contribution in [1.29, 1.82) is 0 Å². The van der Waals surface area contributed by atoms with Crippen LogP contribution in [0.25, 0.3) is 11.1 Å². The molecule has 2 unspecified atom stereocenters. The maximum Gasteiger partial charge on any atom is 0.407 e. The van der Waals surface area contributed by atoms with Crippen molar-refractivity contribution in [2.45, 2.75) is 37.6 Å². The number of benzene rings is 2. The molecule has 2 atom stereocenters. The average molecular weight is 449 g/mol. The van der Waals surface area contributed by atoms with E-state index in [2.05, 4.69) is 34.9 Å². The molecule has 7 heteroatoms. The largest absolute Gasteiger partial charge is 0.481 e. The average Bonchev–Trinajstić information content (AvgIpc) is 3.51. The summed E-state index contributed by atoms with van der Waals surface area (Å²) >= 11 is 0. The van der Waals surface area contributed by atoms with Crippen LogP contribution in [0.2, 0.25) is 0 Å². The van der Waals surface area contributed by atoms with Gasteiger partial charge < -0.3 is 20.5 Å². The van der Waals surface area contributed by atoms with Gasteiger partial charge in [0.15, 0.2) is 0 Å². The number of amides is 2. The highest BCUT2D eigenvalue weighted by molar-refractivity contribution is 5.79. The number of nitrogens with one attached hydrogen (secondary N) is 2. The Hall–Kier alpha value is -3.35. The van der Waals surface area contributed by atoms with E-state index >= 15 is 0 Å². The highest BCUT2D eigenvalue weighted by atomic mass is 16.5. The minimum absolute atomic E-state index is 0.0262. The molecule has 0 bridgehead atoms. The molecule has 7 nitrogen and oxygen atoms in total. The zero-order chi connectivity index (χ0) is 22.9. The second kappa shape index (κ2) is 8.89. The number of aliphatic carboxylic acids is 1. The molecule has 33 heavy (non-hydrogen) atoms. The number of carboxylic acid groups (broad SMARTS) is 1. The van der Waals surface area contributed by atoms with Gasteiger partial charge in [0, 0.05) is 24.9 Å². The Bertz CT molecular complexity index is 1030. The van der Waals surface area contributed by atoms with Gasteiger partial charge in [0.05, 0.1) is 5.92 Å². The summed E-state index contributed by atoms with van der Waals surface area (Å²) in [6, 6.07) is 16.5. The molecule has 2 aromatic carbocycles.